The first-order valence-electron chi connectivity index (χ1n) is 10.7. The van der Waals surface area contributed by atoms with E-state index in [-0.39, 0.29) is 5.69 Å². The summed E-state index contributed by atoms with van der Waals surface area (Å²) in [5.41, 5.74) is 1.12. The van der Waals surface area contributed by atoms with Gasteiger partial charge < -0.3 is 14.8 Å². The van der Waals surface area contributed by atoms with Gasteiger partial charge in [0.2, 0.25) is 0 Å². The van der Waals surface area contributed by atoms with E-state index in [1.807, 2.05) is 0 Å². The molecule has 0 bridgehead atoms. The molecule has 1 amide bonds. The van der Waals surface area contributed by atoms with Gasteiger partial charge in [-0.3, -0.25) is 19.1 Å². The lowest BCUT2D eigenvalue weighted by Gasteiger charge is -2.10. The monoisotopic (exact) mass is 483 g/mol. The van der Waals surface area contributed by atoms with E-state index < -0.39 is 17.3 Å². The molecule has 10 heteroatoms. The van der Waals surface area contributed by atoms with Crippen molar-refractivity contribution in [2.24, 2.45) is 0 Å². The summed E-state index contributed by atoms with van der Waals surface area (Å²) in [6, 6.07) is 15.4. The number of nitrogens with one attached hydrogen (secondary N) is 1. The predicted molar refractivity (Wildman–Crippen MR) is 130 cm³/mol. The molecule has 9 nitrogen and oxygen atoms in total. The Bertz CT molecular complexity index is 1620. The molecule has 0 radical (unpaired) electrons. The molecule has 0 aliphatic heterocycles. The molecular formula is C26H18FN5O4. The Morgan fingerprint density at radius 1 is 0.944 bits per heavy atom. The summed E-state index contributed by atoms with van der Waals surface area (Å²) in [6.07, 6.45) is 5.93. The van der Waals surface area contributed by atoms with Crippen molar-refractivity contribution in [1.29, 1.82) is 0 Å². The molecule has 0 atom stereocenters. The number of rotatable bonds is 6. The number of carbonyl (C=O) groups is 1. The second-order valence-corrected chi connectivity index (χ2v) is 7.56. The average molecular weight is 483 g/mol. The Kier molecular flexibility index (Phi) is 6.06. The van der Waals surface area contributed by atoms with Crippen molar-refractivity contribution >= 4 is 22.6 Å². The number of methoxy groups -OCH3 is 1. The van der Waals surface area contributed by atoms with Gasteiger partial charge in [0.15, 0.2) is 11.4 Å². The fourth-order valence-corrected chi connectivity index (χ4v) is 3.48. The zero-order chi connectivity index (χ0) is 25.1. The number of carbonyl (C=O) groups excluding carboxylic acids is 1. The zero-order valence-electron chi connectivity index (χ0n) is 18.9. The van der Waals surface area contributed by atoms with Crippen LogP contribution in [0.25, 0.3) is 16.7 Å². The van der Waals surface area contributed by atoms with Gasteiger partial charge in [-0.15, -0.1) is 0 Å². The van der Waals surface area contributed by atoms with Crippen molar-refractivity contribution in [2.75, 3.05) is 12.4 Å². The smallest absolute Gasteiger partial charge is 0.286 e. The first-order valence-corrected chi connectivity index (χ1v) is 10.7. The van der Waals surface area contributed by atoms with Crippen LogP contribution in [0.3, 0.4) is 0 Å². The van der Waals surface area contributed by atoms with Gasteiger partial charge >= 0.3 is 0 Å². The summed E-state index contributed by atoms with van der Waals surface area (Å²) in [5, 5.41) is 2.65. The van der Waals surface area contributed by atoms with Crippen LogP contribution in [0.2, 0.25) is 0 Å². The summed E-state index contributed by atoms with van der Waals surface area (Å²) in [4.78, 5) is 38.1. The van der Waals surface area contributed by atoms with Crippen LogP contribution < -0.4 is 20.3 Å². The van der Waals surface area contributed by atoms with Crippen molar-refractivity contribution in [3.8, 4) is 22.9 Å². The summed E-state index contributed by atoms with van der Waals surface area (Å²) in [6.45, 7) is 0. The number of hydrogen-bond donors (Lipinski definition) is 1. The highest BCUT2D eigenvalue weighted by atomic mass is 19.1. The van der Waals surface area contributed by atoms with Crippen LogP contribution in [0.4, 0.5) is 10.1 Å². The van der Waals surface area contributed by atoms with E-state index in [2.05, 4.69) is 20.3 Å². The molecule has 3 aromatic heterocycles. The summed E-state index contributed by atoms with van der Waals surface area (Å²) < 4.78 is 25.6. The van der Waals surface area contributed by atoms with Gasteiger partial charge in [-0.1, -0.05) is 0 Å². The van der Waals surface area contributed by atoms with E-state index in [9.17, 15) is 14.0 Å². The minimum atomic E-state index is -0.677. The fraction of sp³-hybridized carbons (Fsp3) is 0.0385. The maximum atomic E-state index is 13.2. The van der Waals surface area contributed by atoms with Gasteiger partial charge in [0.25, 0.3) is 11.5 Å². The number of anilines is 1. The van der Waals surface area contributed by atoms with E-state index in [1.165, 1.54) is 41.2 Å². The number of ether oxygens (including phenoxy) is 2. The minimum absolute atomic E-state index is 0.299. The van der Waals surface area contributed by atoms with Gasteiger partial charge in [-0.2, -0.15) is 0 Å². The molecule has 0 saturated heterocycles. The van der Waals surface area contributed by atoms with Crippen LogP contribution in [-0.4, -0.2) is 32.5 Å². The van der Waals surface area contributed by atoms with E-state index in [4.69, 9.17) is 9.47 Å². The highest BCUT2D eigenvalue weighted by Crippen LogP contribution is 2.29. The van der Waals surface area contributed by atoms with Gasteiger partial charge in [-0.05, 0) is 48.5 Å². The van der Waals surface area contributed by atoms with Crippen LogP contribution in [0.15, 0.2) is 90.2 Å². The number of hydrogen-bond acceptors (Lipinski definition) is 7. The van der Waals surface area contributed by atoms with Crippen molar-refractivity contribution in [2.45, 2.75) is 0 Å². The molecule has 5 aromatic rings. The molecule has 0 aliphatic carbocycles. The number of halogens is 1. The number of amides is 1. The number of aromatic nitrogens is 4. The number of fused-ring (bicyclic) bond motifs is 1. The van der Waals surface area contributed by atoms with Gasteiger partial charge in [-0.25, -0.2) is 14.4 Å². The summed E-state index contributed by atoms with van der Waals surface area (Å²) in [7, 11) is 1.55. The topological polar surface area (TPSA) is 108 Å². The first-order chi connectivity index (χ1) is 17.5. The quantitative estimate of drug-likeness (QED) is 0.382. The molecule has 0 spiro atoms. The average Bonchev–Trinajstić information content (AvgIpc) is 2.90. The highest BCUT2D eigenvalue weighted by Gasteiger charge is 2.15. The van der Waals surface area contributed by atoms with Gasteiger partial charge in [0.1, 0.15) is 22.8 Å². The number of benzene rings is 2. The van der Waals surface area contributed by atoms with Crippen LogP contribution >= 0.6 is 0 Å². The molecule has 0 aliphatic rings. The lowest BCUT2D eigenvalue weighted by Crippen LogP contribution is -2.29. The molecule has 36 heavy (non-hydrogen) atoms. The highest BCUT2D eigenvalue weighted by molar-refractivity contribution is 6.02. The molecule has 0 unspecified atom stereocenters. The lowest BCUT2D eigenvalue weighted by molar-refractivity contribution is 0.102. The maximum Gasteiger partial charge on any atom is 0.286 e. The Morgan fingerprint density at radius 2 is 1.72 bits per heavy atom. The summed E-state index contributed by atoms with van der Waals surface area (Å²) in [5.74, 6) is 0.497. The molecule has 1 N–H and O–H groups in total. The van der Waals surface area contributed by atoms with Crippen LogP contribution in [0.1, 0.15) is 10.5 Å². The second kappa shape index (κ2) is 9.63. The Balaban J connectivity index is 1.33. The Labute approximate surface area is 203 Å². The third-order valence-corrected chi connectivity index (χ3v) is 5.25. The molecule has 3 heterocycles. The Hall–Kier alpha value is -5.12. The van der Waals surface area contributed by atoms with Gasteiger partial charge in [0, 0.05) is 42.1 Å². The third-order valence-electron chi connectivity index (χ3n) is 5.25. The van der Waals surface area contributed by atoms with E-state index >= 15 is 0 Å². The van der Waals surface area contributed by atoms with E-state index in [0.717, 1.165) is 0 Å². The van der Waals surface area contributed by atoms with Crippen molar-refractivity contribution in [3.63, 3.8) is 0 Å². The molecular weight excluding hydrogens is 465 g/mol. The van der Waals surface area contributed by atoms with E-state index in [1.54, 1.807) is 55.9 Å². The molecule has 0 fully saturated rings. The first kappa shape index (κ1) is 22.7. The fourth-order valence-electron chi connectivity index (χ4n) is 3.48. The lowest BCUT2D eigenvalue weighted by atomic mass is 10.2. The molecule has 178 valence electrons. The molecule has 2 aromatic carbocycles. The largest absolute Gasteiger partial charge is 0.495 e. The molecule has 0 saturated carbocycles. The van der Waals surface area contributed by atoms with Crippen molar-refractivity contribution in [1.82, 2.24) is 19.5 Å². The van der Waals surface area contributed by atoms with Gasteiger partial charge in [0.05, 0.1) is 18.8 Å². The van der Waals surface area contributed by atoms with Crippen LogP contribution in [0, 0.1) is 5.82 Å². The maximum absolute atomic E-state index is 13.2. The minimum Gasteiger partial charge on any atom is -0.495 e. The van der Waals surface area contributed by atoms with E-state index in [0.29, 0.717) is 39.7 Å². The number of pyridine rings is 2. The SMILES string of the molecule is COc1cnc2c(Oc3ccc(NC(=O)c4nccn(-c5ccc(F)cc5)c4=O)cc3)ccnc2c1. The third kappa shape index (κ3) is 4.60. The van der Waals surface area contributed by atoms with Crippen molar-refractivity contribution < 1.29 is 18.7 Å². The number of nitrogens with zero attached hydrogens (tertiary/aromatic N) is 4. The predicted octanol–water partition coefficient (Wildman–Crippen LogP) is 4.37. The standard InChI is InChI=1S/C26H18FN5O4/c1-35-20-14-21-23(30-15-20)22(10-11-28-21)36-19-8-4-17(5-9-19)31-25(33)24-26(34)32(13-12-29-24)18-6-2-16(27)3-7-18/h2-15H,1H3,(H,31,33). The van der Waals surface area contributed by atoms with Crippen LogP contribution in [0.5, 0.6) is 17.2 Å². The zero-order valence-corrected chi connectivity index (χ0v) is 18.9. The normalized spacial score (nSPS) is 10.7. The Morgan fingerprint density at radius 3 is 2.47 bits per heavy atom. The van der Waals surface area contributed by atoms with Crippen LogP contribution in [-0.2, 0) is 0 Å². The van der Waals surface area contributed by atoms with Crippen molar-refractivity contribution in [3.05, 3.63) is 107 Å². The summed E-state index contributed by atoms with van der Waals surface area (Å²) >= 11 is 0. The molecule has 5 rings (SSSR count). The second-order valence-electron chi connectivity index (χ2n) is 7.56.